The van der Waals surface area contributed by atoms with Crippen molar-refractivity contribution in [3.05, 3.63) is 52.7 Å². The van der Waals surface area contributed by atoms with E-state index in [9.17, 15) is 9.59 Å². The fourth-order valence-electron chi connectivity index (χ4n) is 3.04. The van der Waals surface area contributed by atoms with Gasteiger partial charge in [0.2, 0.25) is 0 Å². The number of Topliss-reactive ketones (excluding diaryl/α,β-unsaturated/α-hetero) is 1. The van der Waals surface area contributed by atoms with E-state index in [0.717, 1.165) is 31.8 Å². The number of ketones is 1. The summed E-state index contributed by atoms with van der Waals surface area (Å²) in [4.78, 5) is 25.7. The van der Waals surface area contributed by atoms with Crippen molar-refractivity contribution in [1.82, 2.24) is 15.2 Å². The number of thiophene rings is 1. The van der Waals surface area contributed by atoms with Gasteiger partial charge < -0.3 is 9.88 Å². The lowest BCUT2D eigenvalue weighted by molar-refractivity contribution is -0.115. The van der Waals surface area contributed by atoms with Crippen molar-refractivity contribution in [2.45, 2.75) is 6.92 Å². The van der Waals surface area contributed by atoms with Crippen molar-refractivity contribution < 1.29 is 9.59 Å². The summed E-state index contributed by atoms with van der Waals surface area (Å²) in [5.41, 5.74) is 3.24. The first-order valence-corrected chi connectivity index (χ1v) is 9.19. The smallest absolute Gasteiger partial charge is 0.273 e. The Kier molecular flexibility index (Phi) is 3.97. The van der Waals surface area contributed by atoms with Crippen molar-refractivity contribution in [1.29, 1.82) is 0 Å². The summed E-state index contributed by atoms with van der Waals surface area (Å²) in [6.45, 7) is 1.58. The van der Waals surface area contributed by atoms with Gasteiger partial charge in [-0.2, -0.15) is 0 Å². The molecule has 1 aromatic carbocycles. The lowest BCUT2D eigenvalue weighted by Crippen LogP contribution is -2.21. The minimum atomic E-state index is -0.221. The van der Waals surface area contributed by atoms with Gasteiger partial charge in [0.15, 0.2) is 10.9 Å². The molecular weight excluding hydrogens is 366 g/mol. The largest absolute Gasteiger partial charge is 0.350 e. The predicted octanol–water partition coefficient (Wildman–Crippen LogP) is 3.45. The molecule has 1 saturated heterocycles. The molecule has 1 aliphatic heterocycles. The van der Waals surface area contributed by atoms with E-state index in [4.69, 9.17) is 12.2 Å². The molecule has 4 rings (SSSR count). The Morgan fingerprint density at radius 2 is 2.04 bits per heavy atom. The molecule has 0 aliphatic carbocycles. The molecule has 1 fully saturated rings. The van der Waals surface area contributed by atoms with Gasteiger partial charge in [0.1, 0.15) is 5.70 Å². The van der Waals surface area contributed by atoms with Crippen LogP contribution in [0.15, 0.2) is 42.2 Å². The first-order chi connectivity index (χ1) is 12.4. The Bertz CT molecular complexity index is 1120. The van der Waals surface area contributed by atoms with Crippen molar-refractivity contribution in [3.8, 4) is 10.4 Å². The predicted molar refractivity (Wildman–Crippen MR) is 108 cm³/mol. The summed E-state index contributed by atoms with van der Waals surface area (Å²) in [7, 11) is 1.94. The number of thiocarbonyl (C=S) groups is 1. The molecule has 5 nitrogen and oxygen atoms in total. The molecule has 0 spiro atoms. The molecule has 1 aliphatic rings. The van der Waals surface area contributed by atoms with Gasteiger partial charge in [-0.25, -0.2) is 0 Å². The highest BCUT2D eigenvalue weighted by atomic mass is 32.1. The highest BCUT2D eigenvalue weighted by Gasteiger charge is 2.20. The number of aromatic nitrogens is 1. The van der Waals surface area contributed by atoms with Crippen LogP contribution in [0.5, 0.6) is 0 Å². The summed E-state index contributed by atoms with van der Waals surface area (Å²) >= 11 is 6.52. The first kappa shape index (κ1) is 16.7. The normalized spacial score (nSPS) is 15.5. The molecule has 0 unspecified atom stereocenters. The van der Waals surface area contributed by atoms with Gasteiger partial charge in [-0.3, -0.25) is 14.9 Å². The van der Waals surface area contributed by atoms with E-state index in [1.54, 1.807) is 24.3 Å². The third kappa shape index (κ3) is 2.85. The minimum Gasteiger partial charge on any atom is -0.350 e. The summed E-state index contributed by atoms with van der Waals surface area (Å²) in [6.07, 6.45) is 3.65. The van der Waals surface area contributed by atoms with Crippen LogP contribution in [0.4, 0.5) is 0 Å². The van der Waals surface area contributed by atoms with Crippen molar-refractivity contribution in [3.63, 3.8) is 0 Å². The quantitative estimate of drug-likeness (QED) is 0.414. The number of carbonyl (C=O) groups excluding carboxylic acids is 2. The molecule has 2 N–H and O–H groups in total. The SMILES string of the molecule is CC(=O)c1cn(C)c2ccc(-c3ccc(/C=C4/NC(=S)NC4=O)s3)cc12. The molecule has 26 heavy (non-hydrogen) atoms. The number of rotatable bonds is 3. The van der Waals surface area contributed by atoms with Gasteiger partial charge in [-0.1, -0.05) is 6.07 Å². The Hall–Kier alpha value is -2.77. The Labute approximate surface area is 159 Å². The number of hydrogen-bond donors (Lipinski definition) is 2. The van der Waals surface area contributed by atoms with E-state index in [-0.39, 0.29) is 11.7 Å². The average molecular weight is 381 g/mol. The molecule has 1 amide bonds. The van der Waals surface area contributed by atoms with Crippen LogP contribution < -0.4 is 10.6 Å². The van der Waals surface area contributed by atoms with Crippen LogP contribution in [0.3, 0.4) is 0 Å². The fourth-order valence-corrected chi connectivity index (χ4v) is 4.19. The van der Waals surface area contributed by atoms with E-state index in [1.165, 1.54) is 0 Å². The molecule has 0 atom stereocenters. The van der Waals surface area contributed by atoms with Gasteiger partial charge in [-0.15, -0.1) is 11.3 Å². The first-order valence-electron chi connectivity index (χ1n) is 7.96. The number of fused-ring (bicyclic) bond motifs is 1. The van der Waals surface area contributed by atoms with Crippen LogP contribution in [0, 0.1) is 0 Å². The third-order valence-electron chi connectivity index (χ3n) is 4.29. The number of carbonyl (C=O) groups is 2. The second-order valence-electron chi connectivity index (χ2n) is 6.11. The van der Waals surface area contributed by atoms with Gasteiger partial charge in [0, 0.05) is 39.5 Å². The lowest BCUT2D eigenvalue weighted by atomic mass is 10.1. The van der Waals surface area contributed by atoms with Gasteiger partial charge in [-0.05, 0) is 55.0 Å². The van der Waals surface area contributed by atoms with Gasteiger partial charge in [0.25, 0.3) is 5.91 Å². The molecule has 0 radical (unpaired) electrons. The van der Waals surface area contributed by atoms with E-state index in [0.29, 0.717) is 10.8 Å². The Morgan fingerprint density at radius 3 is 2.73 bits per heavy atom. The van der Waals surface area contributed by atoms with E-state index in [1.807, 2.05) is 48.1 Å². The monoisotopic (exact) mass is 381 g/mol. The number of hydrogen-bond acceptors (Lipinski definition) is 4. The lowest BCUT2D eigenvalue weighted by Gasteiger charge is -2.01. The average Bonchev–Trinajstić information content (AvgIpc) is 3.26. The minimum absolute atomic E-state index is 0.0543. The molecule has 2 aromatic heterocycles. The second-order valence-corrected chi connectivity index (χ2v) is 7.63. The number of benzene rings is 1. The fraction of sp³-hybridized carbons (Fsp3) is 0.105. The topological polar surface area (TPSA) is 63.1 Å². The van der Waals surface area contributed by atoms with Crippen LogP contribution >= 0.6 is 23.6 Å². The van der Waals surface area contributed by atoms with E-state index in [2.05, 4.69) is 10.6 Å². The zero-order valence-electron chi connectivity index (χ0n) is 14.1. The van der Waals surface area contributed by atoms with Crippen molar-refractivity contribution >= 4 is 57.3 Å². The van der Waals surface area contributed by atoms with Crippen LogP contribution in [0.2, 0.25) is 0 Å². The molecule has 0 saturated carbocycles. The van der Waals surface area contributed by atoms with Crippen LogP contribution in [0.25, 0.3) is 27.4 Å². The molecule has 0 bridgehead atoms. The summed E-state index contributed by atoms with van der Waals surface area (Å²) in [5, 5.41) is 6.67. The highest BCUT2D eigenvalue weighted by Crippen LogP contribution is 2.33. The van der Waals surface area contributed by atoms with Gasteiger partial charge >= 0.3 is 0 Å². The zero-order chi connectivity index (χ0) is 18.4. The summed E-state index contributed by atoms with van der Waals surface area (Å²) in [5.74, 6) is -0.166. The maximum atomic E-state index is 11.9. The third-order valence-corrected chi connectivity index (χ3v) is 5.57. The van der Waals surface area contributed by atoms with Crippen molar-refractivity contribution in [2.75, 3.05) is 0 Å². The number of nitrogens with zero attached hydrogens (tertiary/aromatic N) is 1. The van der Waals surface area contributed by atoms with Crippen LogP contribution in [0.1, 0.15) is 22.2 Å². The maximum absolute atomic E-state index is 11.9. The maximum Gasteiger partial charge on any atom is 0.273 e. The molecular formula is C19H15N3O2S2. The van der Waals surface area contributed by atoms with E-state index >= 15 is 0 Å². The molecule has 130 valence electrons. The molecule has 7 heteroatoms. The summed E-state index contributed by atoms with van der Waals surface area (Å²) < 4.78 is 1.97. The number of nitrogens with one attached hydrogen (secondary N) is 2. The molecule has 3 aromatic rings. The zero-order valence-corrected chi connectivity index (χ0v) is 15.8. The Morgan fingerprint density at radius 1 is 1.23 bits per heavy atom. The number of amides is 1. The van der Waals surface area contributed by atoms with Crippen molar-refractivity contribution in [2.24, 2.45) is 7.05 Å². The molecule has 3 heterocycles. The van der Waals surface area contributed by atoms with E-state index < -0.39 is 0 Å². The Balaban J connectivity index is 1.73. The standard InChI is InChI=1S/C19H15N3O2S2/c1-10(23)14-9-22(2)16-5-3-11(7-13(14)16)17-6-4-12(26-17)8-15-18(24)21-19(25)20-15/h3-9H,1-2H3,(H2,20,21,24,25)/b15-8+. The second kappa shape index (κ2) is 6.19. The highest BCUT2D eigenvalue weighted by molar-refractivity contribution is 7.80. The van der Waals surface area contributed by atoms with Gasteiger partial charge in [0.05, 0.1) is 0 Å². The van der Waals surface area contributed by atoms with Crippen LogP contribution in [-0.4, -0.2) is 21.4 Å². The number of aryl methyl sites for hydroxylation is 1. The van der Waals surface area contributed by atoms with Crippen LogP contribution in [-0.2, 0) is 11.8 Å². The summed E-state index contributed by atoms with van der Waals surface area (Å²) in [6, 6.07) is 10.1.